The Morgan fingerprint density at radius 3 is 2.60 bits per heavy atom. The number of aromatic nitrogens is 2. The van der Waals surface area contributed by atoms with E-state index >= 15 is 0 Å². The van der Waals surface area contributed by atoms with Gasteiger partial charge in [-0.2, -0.15) is 5.26 Å². The van der Waals surface area contributed by atoms with Crippen LogP contribution in [0.5, 0.6) is 0 Å². The van der Waals surface area contributed by atoms with Crippen molar-refractivity contribution in [2.24, 2.45) is 0 Å². The maximum atomic E-state index is 13.2. The van der Waals surface area contributed by atoms with E-state index in [2.05, 4.69) is 11.1 Å². The molecule has 1 N–H and O–H groups in total. The average Bonchev–Trinajstić information content (AvgIpc) is 3.00. The van der Waals surface area contributed by atoms with Crippen LogP contribution < -0.4 is 5.56 Å². The number of benzene rings is 2. The number of nitrogens with one attached hydrogen (secondary N) is 1. The Bertz CT molecular complexity index is 1210. The molecule has 122 valence electrons. The minimum atomic E-state index is -0.0982. The smallest absolute Gasteiger partial charge is 0.260 e. The van der Waals surface area contributed by atoms with Crippen molar-refractivity contribution >= 4 is 28.3 Å². The maximum Gasteiger partial charge on any atom is 0.260 e. The quantitative estimate of drug-likeness (QED) is 0.590. The molecule has 2 aromatic carbocycles. The zero-order valence-corrected chi connectivity index (χ0v) is 14.3. The van der Waals surface area contributed by atoms with Crippen molar-refractivity contribution in [2.45, 2.75) is 13.3 Å². The second-order valence-electron chi connectivity index (χ2n) is 6.02. The van der Waals surface area contributed by atoms with Crippen LogP contribution in [-0.4, -0.2) is 9.38 Å². The molecule has 0 aliphatic carbocycles. The largest absolute Gasteiger partial charge is 0.338 e. The number of para-hydroxylation sites is 2. The van der Waals surface area contributed by atoms with E-state index in [1.807, 2.05) is 43.3 Å². The molecule has 0 aliphatic heterocycles. The highest BCUT2D eigenvalue weighted by Crippen LogP contribution is 2.23. The number of rotatable bonds is 2. The van der Waals surface area contributed by atoms with Gasteiger partial charge >= 0.3 is 0 Å². The van der Waals surface area contributed by atoms with Gasteiger partial charge in [-0.25, -0.2) is 0 Å². The average molecular weight is 348 g/mol. The van der Waals surface area contributed by atoms with Crippen molar-refractivity contribution in [2.75, 3.05) is 0 Å². The number of nitriles is 1. The topological polar surface area (TPSA) is 61.1 Å². The fourth-order valence-electron chi connectivity index (χ4n) is 3.24. The number of hydrogen-bond donors (Lipinski definition) is 1. The van der Waals surface area contributed by atoms with Crippen LogP contribution in [0.25, 0.3) is 16.7 Å². The van der Waals surface area contributed by atoms with Crippen LogP contribution in [0.4, 0.5) is 0 Å². The molecule has 4 aromatic rings. The molecule has 0 saturated heterocycles. The monoisotopic (exact) mass is 347 g/mol. The van der Waals surface area contributed by atoms with Crippen LogP contribution in [0.3, 0.4) is 0 Å². The molecule has 2 heterocycles. The van der Waals surface area contributed by atoms with Crippen LogP contribution in [0.15, 0.2) is 53.3 Å². The third-order valence-electron chi connectivity index (χ3n) is 4.55. The molecule has 2 aromatic heterocycles. The van der Waals surface area contributed by atoms with Gasteiger partial charge in [-0.3, -0.25) is 9.20 Å². The number of aromatic amines is 1. The minimum absolute atomic E-state index is 0.0982. The van der Waals surface area contributed by atoms with Gasteiger partial charge in [0.15, 0.2) is 0 Å². The van der Waals surface area contributed by atoms with Gasteiger partial charge in [-0.05, 0) is 42.3 Å². The van der Waals surface area contributed by atoms with Gasteiger partial charge in [0.05, 0.1) is 16.6 Å². The van der Waals surface area contributed by atoms with E-state index in [1.54, 1.807) is 16.5 Å². The lowest BCUT2D eigenvalue weighted by Crippen LogP contribution is -2.21. The van der Waals surface area contributed by atoms with E-state index in [9.17, 15) is 10.1 Å². The van der Waals surface area contributed by atoms with Gasteiger partial charge in [-0.1, -0.05) is 35.9 Å². The Balaban J connectivity index is 2.04. The third kappa shape index (κ3) is 2.41. The molecule has 0 unspecified atom stereocenters. The van der Waals surface area contributed by atoms with E-state index < -0.39 is 0 Å². The number of H-pyrrole nitrogens is 1. The van der Waals surface area contributed by atoms with Gasteiger partial charge in [0.25, 0.3) is 5.56 Å². The second kappa shape index (κ2) is 5.80. The zero-order valence-electron chi connectivity index (χ0n) is 13.5. The van der Waals surface area contributed by atoms with Crippen LogP contribution in [-0.2, 0) is 6.42 Å². The number of halogens is 1. The second-order valence-corrected chi connectivity index (χ2v) is 6.46. The molecular formula is C20H14ClN3O. The molecule has 0 atom stereocenters. The van der Waals surface area contributed by atoms with Crippen LogP contribution >= 0.6 is 11.6 Å². The Kier molecular flexibility index (Phi) is 3.60. The summed E-state index contributed by atoms with van der Waals surface area (Å²) in [6.45, 7) is 1.83. The number of pyridine rings is 1. The first kappa shape index (κ1) is 15.5. The van der Waals surface area contributed by atoms with Crippen LogP contribution in [0, 0.1) is 18.3 Å². The minimum Gasteiger partial charge on any atom is -0.338 e. The maximum absolute atomic E-state index is 13.2. The molecule has 4 rings (SSSR count). The molecule has 0 saturated carbocycles. The van der Waals surface area contributed by atoms with E-state index in [4.69, 9.17) is 11.6 Å². The van der Waals surface area contributed by atoms with E-state index in [0.717, 1.165) is 16.6 Å². The summed E-state index contributed by atoms with van der Waals surface area (Å²) in [5.41, 5.74) is 4.88. The zero-order chi connectivity index (χ0) is 17.6. The molecule has 0 bridgehead atoms. The molecular weight excluding hydrogens is 334 g/mol. The van der Waals surface area contributed by atoms with Gasteiger partial charge in [0.2, 0.25) is 0 Å². The van der Waals surface area contributed by atoms with Crippen molar-refractivity contribution < 1.29 is 0 Å². The van der Waals surface area contributed by atoms with E-state index in [0.29, 0.717) is 33.8 Å². The summed E-state index contributed by atoms with van der Waals surface area (Å²) in [6.07, 6.45) is 0.457. The van der Waals surface area contributed by atoms with Crippen molar-refractivity contribution in [1.29, 1.82) is 5.26 Å². The van der Waals surface area contributed by atoms with E-state index in [-0.39, 0.29) is 5.56 Å². The fraction of sp³-hybridized carbons (Fsp3) is 0.100. The standard InChI is InChI=1S/C20H14ClN3O/c1-12-15(10-13-6-8-14(21)9-7-13)20(25)24-18-5-3-2-4-17(18)23-19(24)16(12)11-22/h2-9,23H,10H2,1H3. The molecule has 4 nitrogen and oxygen atoms in total. The first-order valence-electron chi connectivity index (χ1n) is 7.89. The lowest BCUT2D eigenvalue weighted by Gasteiger charge is -2.09. The number of hydrogen-bond acceptors (Lipinski definition) is 2. The highest BCUT2D eigenvalue weighted by Gasteiger charge is 2.18. The Morgan fingerprint density at radius 1 is 1.16 bits per heavy atom. The Hall–Kier alpha value is -3.03. The molecule has 0 radical (unpaired) electrons. The summed E-state index contributed by atoms with van der Waals surface area (Å²) in [6, 6.07) is 17.2. The van der Waals surface area contributed by atoms with Crippen molar-refractivity contribution in [3.63, 3.8) is 0 Å². The van der Waals surface area contributed by atoms with Crippen molar-refractivity contribution in [1.82, 2.24) is 9.38 Å². The van der Waals surface area contributed by atoms with Gasteiger partial charge in [0.1, 0.15) is 11.7 Å². The summed E-state index contributed by atoms with van der Waals surface area (Å²) >= 11 is 5.94. The number of imidazole rings is 1. The van der Waals surface area contributed by atoms with Crippen LogP contribution in [0.1, 0.15) is 22.3 Å². The van der Waals surface area contributed by atoms with Gasteiger partial charge in [-0.15, -0.1) is 0 Å². The lowest BCUT2D eigenvalue weighted by molar-refractivity contribution is 1.03. The highest BCUT2D eigenvalue weighted by molar-refractivity contribution is 6.30. The summed E-state index contributed by atoms with van der Waals surface area (Å²) in [4.78, 5) is 16.4. The third-order valence-corrected chi connectivity index (χ3v) is 4.81. The summed E-state index contributed by atoms with van der Waals surface area (Å²) in [7, 11) is 0. The van der Waals surface area contributed by atoms with E-state index in [1.165, 1.54) is 0 Å². The first-order valence-corrected chi connectivity index (χ1v) is 8.27. The molecule has 0 amide bonds. The van der Waals surface area contributed by atoms with Gasteiger partial charge < -0.3 is 4.98 Å². The lowest BCUT2D eigenvalue weighted by atomic mass is 9.99. The van der Waals surface area contributed by atoms with Crippen molar-refractivity contribution in [3.05, 3.63) is 86.2 Å². The first-order chi connectivity index (χ1) is 12.1. The Morgan fingerprint density at radius 2 is 1.88 bits per heavy atom. The fourth-order valence-corrected chi connectivity index (χ4v) is 3.36. The number of nitrogens with zero attached hydrogens (tertiary/aromatic N) is 2. The number of fused-ring (bicyclic) bond motifs is 3. The molecule has 0 aliphatic rings. The predicted molar refractivity (Wildman–Crippen MR) is 99.2 cm³/mol. The molecule has 25 heavy (non-hydrogen) atoms. The van der Waals surface area contributed by atoms with Gasteiger partial charge in [0, 0.05) is 17.0 Å². The Labute approximate surface area is 148 Å². The summed E-state index contributed by atoms with van der Waals surface area (Å²) in [5, 5.41) is 10.3. The SMILES string of the molecule is Cc1c(Cc2ccc(Cl)cc2)c(=O)n2c([nH]c3ccccc32)c1C#N. The predicted octanol–water partition coefficient (Wildman–Crippen LogP) is 4.21. The van der Waals surface area contributed by atoms with Crippen LogP contribution in [0.2, 0.25) is 5.02 Å². The summed E-state index contributed by atoms with van der Waals surface area (Å²) in [5.74, 6) is 0. The molecule has 0 fully saturated rings. The summed E-state index contributed by atoms with van der Waals surface area (Å²) < 4.78 is 1.60. The normalized spacial score (nSPS) is 11.1. The molecule has 5 heteroatoms. The van der Waals surface area contributed by atoms with Crippen molar-refractivity contribution in [3.8, 4) is 6.07 Å². The highest BCUT2D eigenvalue weighted by atomic mass is 35.5. The molecule has 0 spiro atoms.